The number of rotatable bonds is 4. The molecular formula is C26H22N4O4S. The van der Waals surface area contributed by atoms with Crippen LogP contribution in [0.25, 0.3) is 22.4 Å². The molecule has 2 aromatic carbocycles. The molecule has 0 bridgehead atoms. The highest BCUT2D eigenvalue weighted by atomic mass is 32.2. The molecule has 2 aromatic heterocycles. The largest absolute Gasteiger partial charge is 0.460 e. The van der Waals surface area contributed by atoms with Gasteiger partial charge in [-0.1, -0.05) is 18.2 Å². The molecule has 1 fully saturated rings. The summed E-state index contributed by atoms with van der Waals surface area (Å²) >= 11 is 0. The molecule has 0 radical (unpaired) electrons. The molecule has 4 aromatic rings. The number of carbonyl (C=O) groups is 1. The fourth-order valence-electron chi connectivity index (χ4n) is 4.20. The van der Waals surface area contributed by atoms with E-state index in [1.165, 1.54) is 28.6 Å². The molecule has 176 valence electrons. The van der Waals surface area contributed by atoms with E-state index in [1.807, 2.05) is 49.4 Å². The molecule has 8 nitrogen and oxygen atoms in total. The Morgan fingerprint density at radius 1 is 1.00 bits per heavy atom. The van der Waals surface area contributed by atoms with Gasteiger partial charge in [0, 0.05) is 31.6 Å². The van der Waals surface area contributed by atoms with Crippen LogP contribution in [0.1, 0.15) is 21.7 Å². The third-order valence-corrected chi connectivity index (χ3v) is 8.00. The maximum atomic E-state index is 13.6. The molecule has 0 atom stereocenters. The first-order valence-electron chi connectivity index (χ1n) is 11.1. The molecular weight excluding hydrogens is 464 g/mol. The molecule has 0 aliphatic carbocycles. The van der Waals surface area contributed by atoms with Crippen molar-refractivity contribution in [2.24, 2.45) is 0 Å². The fourth-order valence-corrected chi connectivity index (χ4v) is 5.63. The Kier molecular flexibility index (Phi) is 5.84. The van der Waals surface area contributed by atoms with Crippen LogP contribution in [-0.2, 0) is 10.0 Å². The first-order chi connectivity index (χ1) is 16.9. The highest BCUT2D eigenvalue weighted by Crippen LogP contribution is 2.28. The highest BCUT2D eigenvalue weighted by Gasteiger charge is 2.31. The van der Waals surface area contributed by atoms with Crippen molar-refractivity contribution in [2.75, 3.05) is 26.2 Å². The van der Waals surface area contributed by atoms with Gasteiger partial charge in [-0.15, -0.1) is 0 Å². The van der Waals surface area contributed by atoms with Crippen molar-refractivity contribution < 1.29 is 17.6 Å². The standard InChI is InChI=1S/C26H22N4O4S/c1-18-6-11-25(34-18)24-16-22(21-4-2-3-5-23(21)28-24)26(31)29-12-14-30(15-13-29)35(32,33)20-9-7-19(17-27)8-10-20/h2-11,16H,12-15H2,1H3. The number of furan rings is 1. The third-order valence-electron chi connectivity index (χ3n) is 6.09. The number of sulfonamides is 1. The molecule has 1 aliphatic rings. The molecule has 0 spiro atoms. The fraction of sp³-hybridized carbons (Fsp3) is 0.192. The number of fused-ring (bicyclic) bond motifs is 1. The van der Waals surface area contributed by atoms with Crippen LogP contribution >= 0.6 is 0 Å². The Balaban J connectivity index is 1.39. The summed E-state index contributed by atoms with van der Waals surface area (Å²) in [7, 11) is -3.71. The summed E-state index contributed by atoms with van der Waals surface area (Å²) in [4.78, 5) is 20.0. The van der Waals surface area contributed by atoms with Crippen molar-refractivity contribution in [3.05, 3.63) is 83.6 Å². The second-order valence-corrected chi connectivity index (χ2v) is 10.3. The number of hydrogen-bond donors (Lipinski definition) is 0. The summed E-state index contributed by atoms with van der Waals surface area (Å²) in [6.07, 6.45) is 0. The number of hydrogen-bond acceptors (Lipinski definition) is 6. The maximum Gasteiger partial charge on any atom is 0.254 e. The van der Waals surface area contributed by atoms with E-state index in [1.54, 1.807) is 11.0 Å². The van der Waals surface area contributed by atoms with E-state index < -0.39 is 10.0 Å². The van der Waals surface area contributed by atoms with Gasteiger partial charge in [0.1, 0.15) is 11.5 Å². The van der Waals surface area contributed by atoms with Gasteiger partial charge in [0.15, 0.2) is 5.76 Å². The van der Waals surface area contributed by atoms with Crippen molar-refractivity contribution in [2.45, 2.75) is 11.8 Å². The lowest BCUT2D eigenvalue weighted by atomic mass is 10.1. The number of piperazine rings is 1. The molecule has 9 heteroatoms. The SMILES string of the molecule is Cc1ccc(-c2cc(C(=O)N3CCN(S(=O)(=O)c4ccc(C#N)cc4)CC3)c3ccccc3n2)o1. The van der Waals surface area contributed by atoms with Crippen LogP contribution in [0.15, 0.2) is 76.0 Å². The van der Waals surface area contributed by atoms with Gasteiger partial charge >= 0.3 is 0 Å². The zero-order valence-electron chi connectivity index (χ0n) is 19.0. The number of aryl methyl sites for hydroxylation is 1. The number of nitrogens with zero attached hydrogens (tertiary/aromatic N) is 4. The zero-order valence-corrected chi connectivity index (χ0v) is 19.8. The minimum absolute atomic E-state index is 0.134. The van der Waals surface area contributed by atoms with Gasteiger partial charge in [-0.05, 0) is 55.5 Å². The van der Waals surface area contributed by atoms with Gasteiger partial charge in [-0.25, -0.2) is 13.4 Å². The molecule has 1 aliphatic heterocycles. The lowest BCUT2D eigenvalue weighted by Crippen LogP contribution is -2.50. The predicted molar refractivity (Wildman–Crippen MR) is 130 cm³/mol. The minimum atomic E-state index is -3.71. The normalized spacial score (nSPS) is 14.7. The number of amides is 1. The third kappa shape index (κ3) is 4.30. The average Bonchev–Trinajstić information content (AvgIpc) is 3.34. The lowest BCUT2D eigenvalue weighted by Gasteiger charge is -2.34. The number of pyridine rings is 1. The molecule has 1 amide bonds. The Morgan fingerprint density at radius 3 is 2.37 bits per heavy atom. The van der Waals surface area contributed by atoms with E-state index >= 15 is 0 Å². The Morgan fingerprint density at radius 2 is 1.71 bits per heavy atom. The van der Waals surface area contributed by atoms with E-state index in [-0.39, 0.29) is 37.0 Å². The number of carbonyl (C=O) groups excluding carboxylic acids is 1. The highest BCUT2D eigenvalue weighted by molar-refractivity contribution is 7.89. The lowest BCUT2D eigenvalue weighted by molar-refractivity contribution is 0.0700. The zero-order chi connectivity index (χ0) is 24.6. The van der Waals surface area contributed by atoms with Crippen molar-refractivity contribution in [3.8, 4) is 17.5 Å². The first-order valence-corrected chi connectivity index (χ1v) is 12.6. The summed E-state index contributed by atoms with van der Waals surface area (Å²) < 4.78 is 33.2. The van der Waals surface area contributed by atoms with Crippen LogP contribution in [0.3, 0.4) is 0 Å². The number of aromatic nitrogens is 1. The van der Waals surface area contributed by atoms with Crippen molar-refractivity contribution in [3.63, 3.8) is 0 Å². The van der Waals surface area contributed by atoms with E-state index in [0.717, 1.165) is 11.1 Å². The van der Waals surface area contributed by atoms with Crippen molar-refractivity contribution >= 4 is 26.8 Å². The van der Waals surface area contributed by atoms with Crippen molar-refractivity contribution in [1.82, 2.24) is 14.2 Å². The Bertz CT molecular complexity index is 1560. The van der Waals surface area contributed by atoms with E-state index in [0.29, 0.717) is 28.1 Å². The molecule has 3 heterocycles. The first kappa shape index (κ1) is 22.8. The summed E-state index contributed by atoms with van der Waals surface area (Å²) in [5, 5.41) is 9.68. The van der Waals surface area contributed by atoms with Gasteiger partial charge < -0.3 is 9.32 Å². The molecule has 0 saturated carbocycles. The van der Waals surface area contributed by atoms with Gasteiger partial charge in [0.25, 0.3) is 5.91 Å². The smallest absolute Gasteiger partial charge is 0.254 e. The van der Waals surface area contributed by atoms with Crippen LogP contribution in [0.4, 0.5) is 0 Å². The van der Waals surface area contributed by atoms with Gasteiger partial charge in [0.05, 0.1) is 27.6 Å². The topological polar surface area (TPSA) is 108 Å². The second-order valence-electron chi connectivity index (χ2n) is 8.31. The average molecular weight is 487 g/mol. The summed E-state index contributed by atoms with van der Waals surface area (Å²) in [6, 6.07) is 20.7. The van der Waals surface area contributed by atoms with Gasteiger partial charge in [-0.3, -0.25) is 4.79 Å². The van der Waals surface area contributed by atoms with Gasteiger partial charge in [-0.2, -0.15) is 9.57 Å². The molecule has 1 saturated heterocycles. The van der Waals surface area contributed by atoms with E-state index in [4.69, 9.17) is 9.68 Å². The van der Waals surface area contributed by atoms with Crippen LogP contribution in [0.5, 0.6) is 0 Å². The molecule has 0 unspecified atom stereocenters. The van der Waals surface area contributed by atoms with E-state index in [2.05, 4.69) is 4.98 Å². The summed E-state index contributed by atoms with van der Waals surface area (Å²) in [5.74, 6) is 1.16. The molecule has 35 heavy (non-hydrogen) atoms. The van der Waals surface area contributed by atoms with Crippen LogP contribution in [0.2, 0.25) is 0 Å². The van der Waals surface area contributed by atoms with Gasteiger partial charge in [0.2, 0.25) is 10.0 Å². The number of nitriles is 1. The van der Waals surface area contributed by atoms with Crippen LogP contribution in [-0.4, -0.2) is 54.7 Å². The molecule has 0 N–H and O–H groups in total. The van der Waals surface area contributed by atoms with Crippen LogP contribution < -0.4 is 0 Å². The monoisotopic (exact) mass is 486 g/mol. The summed E-state index contributed by atoms with van der Waals surface area (Å²) in [5.41, 5.74) is 2.16. The predicted octanol–water partition coefficient (Wildman–Crippen LogP) is 3.82. The molecule has 5 rings (SSSR count). The summed E-state index contributed by atoms with van der Waals surface area (Å²) in [6.45, 7) is 2.74. The quantitative estimate of drug-likeness (QED) is 0.434. The van der Waals surface area contributed by atoms with E-state index in [9.17, 15) is 13.2 Å². The number of benzene rings is 2. The second kappa shape index (κ2) is 8.98. The maximum absolute atomic E-state index is 13.6. The Hall–Kier alpha value is -4.00. The number of para-hydroxylation sites is 1. The minimum Gasteiger partial charge on any atom is -0.460 e. The van der Waals surface area contributed by atoms with Crippen molar-refractivity contribution in [1.29, 1.82) is 5.26 Å². The van der Waals surface area contributed by atoms with Crippen LogP contribution in [0, 0.1) is 18.3 Å². The Labute approximate surface area is 203 Å².